The molecule has 0 aliphatic heterocycles. The van der Waals surface area contributed by atoms with E-state index in [1.807, 2.05) is 27.7 Å². The van der Waals surface area contributed by atoms with Crippen LogP contribution in [0.2, 0.25) is 0 Å². The maximum atomic E-state index is 13.1. The highest BCUT2D eigenvalue weighted by Gasteiger charge is 2.30. The van der Waals surface area contributed by atoms with Crippen LogP contribution in [0.25, 0.3) is 0 Å². The van der Waals surface area contributed by atoms with Crippen molar-refractivity contribution in [2.24, 2.45) is 0 Å². The van der Waals surface area contributed by atoms with E-state index in [0.717, 1.165) is 6.07 Å². The first-order chi connectivity index (χ1) is 9.87. The van der Waals surface area contributed by atoms with E-state index in [0.29, 0.717) is 25.8 Å². The molecule has 0 unspecified atom stereocenters. The molecule has 0 amide bonds. The lowest BCUT2D eigenvalue weighted by Gasteiger charge is -2.17. The molecule has 0 aliphatic rings. The van der Waals surface area contributed by atoms with Crippen LogP contribution < -0.4 is 0 Å². The van der Waals surface area contributed by atoms with Crippen LogP contribution in [0.3, 0.4) is 0 Å². The molecule has 0 bridgehead atoms. The molecule has 0 aromatic heterocycles. The second-order valence-electron chi connectivity index (χ2n) is 5.26. The third-order valence-corrected chi connectivity index (χ3v) is 2.41. The van der Waals surface area contributed by atoms with Gasteiger partial charge in [-0.05, 0) is 44.0 Å². The van der Waals surface area contributed by atoms with Crippen molar-refractivity contribution < 1.29 is 17.6 Å². The van der Waals surface area contributed by atoms with Gasteiger partial charge in [-0.15, -0.1) is 6.58 Å². The Hall–Kier alpha value is -1.32. The van der Waals surface area contributed by atoms with E-state index in [1.165, 1.54) is 17.7 Å². The maximum Gasteiger partial charge on any atom is 0.270 e. The van der Waals surface area contributed by atoms with Crippen molar-refractivity contribution in [3.63, 3.8) is 0 Å². The van der Waals surface area contributed by atoms with Gasteiger partial charge in [0.25, 0.3) is 11.8 Å². The van der Waals surface area contributed by atoms with Crippen molar-refractivity contribution >= 4 is 0 Å². The molecule has 0 fully saturated rings. The molecule has 0 saturated heterocycles. The van der Waals surface area contributed by atoms with Crippen molar-refractivity contribution in [3.05, 3.63) is 47.0 Å². The van der Waals surface area contributed by atoms with Gasteiger partial charge < -0.3 is 0 Å². The molecule has 22 heavy (non-hydrogen) atoms. The minimum Gasteiger partial charge on any atom is -0.202 e. The Morgan fingerprint density at radius 3 is 1.36 bits per heavy atom. The van der Waals surface area contributed by atoms with Gasteiger partial charge in [0.05, 0.1) is 0 Å². The Morgan fingerprint density at radius 2 is 1.18 bits per heavy atom. The number of aryl methyl sites for hydroxylation is 1. The number of benzene rings is 1. The number of hydrogen-bond acceptors (Lipinski definition) is 0. The molecule has 128 valence electrons. The fraction of sp³-hybridized carbons (Fsp3) is 0.556. The standard InChI is InChI=1S/C12H14F4.C4H8.C2H6/c1-4-8-5-9(11(2,13)14)7-10(6-8)12(3,15)16;1-4(2)3;1-2/h5-7H,4H2,1-3H3;1H2,2-3H3;1-2H3. The Kier molecular flexibility index (Phi) is 10.1. The number of allylic oxidation sites excluding steroid dienone is 1. The summed E-state index contributed by atoms with van der Waals surface area (Å²) in [6.45, 7) is 14.7. The second kappa shape index (κ2) is 9.65. The van der Waals surface area contributed by atoms with E-state index in [2.05, 4.69) is 6.58 Å². The second-order valence-corrected chi connectivity index (χ2v) is 5.26. The molecule has 0 atom stereocenters. The van der Waals surface area contributed by atoms with E-state index < -0.39 is 11.8 Å². The van der Waals surface area contributed by atoms with Gasteiger partial charge in [0, 0.05) is 25.0 Å². The monoisotopic (exact) mass is 320 g/mol. The summed E-state index contributed by atoms with van der Waals surface area (Å²) in [5.74, 6) is -6.18. The molecule has 4 heteroatoms. The van der Waals surface area contributed by atoms with Crippen LogP contribution in [0.4, 0.5) is 17.6 Å². The SMILES string of the molecule is C=C(C)C.CC.CCc1cc(C(C)(F)F)cc(C(C)(F)F)c1. The number of alkyl halides is 4. The molecule has 1 rings (SSSR count). The molecule has 0 nitrogen and oxygen atoms in total. The summed E-state index contributed by atoms with van der Waals surface area (Å²) in [6, 6.07) is 3.42. The van der Waals surface area contributed by atoms with E-state index in [1.54, 1.807) is 6.92 Å². The van der Waals surface area contributed by atoms with E-state index in [-0.39, 0.29) is 11.1 Å². The smallest absolute Gasteiger partial charge is 0.202 e. The number of hydrogen-bond donors (Lipinski definition) is 0. The normalized spacial score (nSPS) is 10.9. The summed E-state index contributed by atoms with van der Waals surface area (Å²) in [6.07, 6.45) is 0.451. The lowest BCUT2D eigenvalue weighted by Crippen LogP contribution is -2.13. The average Bonchev–Trinajstić information content (AvgIpc) is 2.38. The van der Waals surface area contributed by atoms with Crippen LogP contribution in [0, 0.1) is 0 Å². The van der Waals surface area contributed by atoms with Gasteiger partial charge in [0.1, 0.15) is 0 Å². The molecule has 0 aliphatic carbocycles. The lowest BCUT2D eigenvalue weighted by molar-refractivity contribution is 0.0104. The van der Waals surface area contributed by atoms with Crippen molar-refractivity contribution in [2.75, 3.05) is 0 Å². The summed E-state index contributed by atoms with van der Waals surface area (Å²) < 4.78 is 52.4. The molecular weight excluding hydrogens is 292 g/mol. The molecule has 1 aromatic rings. The van der Waals surface area contributed by atoms with Crippen LogP contribution in [0.15, 0.2) is 30.4 Å². The largest absolute Gasteiger partial charge is 0.270 e. The molecule has 0 saturated carbocycles. The fourth-order valence-electron chi connectivity index (χ4n) is 1.40. The zero-order chi connectivity index (χ0) is 18.1. The molecule has 0 spiro atoms. The highest BCUT2D eigenvalue weighted by Crippen LogP contribution is 2.34. The maximum absolute atomic E-state index is 13.1. The summed E-state index contributed by atoms with van der Waals surface area (Å²) in [7, 11) is 0. The molecular formula is C18H28F4. The van der Waals surface area contributed by atoms with Crippen molar-refractivity contribution in [3.8, 4) is 0 Å². The third kappa shape index (κ3) is 9.59. The topological polar surface area (TPSA) is 0 Å². The average molecular weight is 320 g/mol. The Bertz CT molecular complexity index is 415. The first kappa shape index (κ1) is 23.0. The van der Waals surface area contributed by atoms with Gasteiger partial charge in [-0.3, -0.25) is 0 Å². The van der Waals surface area contributed by atoms with Crippen molar-refractivity contribution in [1.82, 2.24) is 0 Å². The van der Waals surface area contributed by atoms with Crippen LogP contribution in [-0.2, 0) is 18.3 Å². The van der Waals surface area contributed by atoms with Gasteiger partial charge in [0.2, 0.25) is 0 Å². The zero-order valence-electron chi connectivity index (χ0n) is 14.7. The fourth-order valence-corrected chi connectivity index (χ4v) is 1.40. The van der Waals surface area contributed by atoms with Crippen molar-refractivity contribution in [2.45, 2.75) is 66.7 Å². The molecule has 0 N–H and O–H groups in total. The van der Waals surface area contributed by atoms with Crippen LogP contribution in [-0.4, -0.2) is 0 Å². The predicted molar refractivity (Wildman–Crippen MR) is 86.8 cm³/mol. The van der Waals surface area contributed by atoms with E-state index in [9.17, 15) is 17.6 Å². The van der Waals surface area contributed by atoms with Gasteiger partial charge in [-0.1, -0.05) is 26.3 Å². The third-order valence-electron chi connectivity index (χ3n) is 2.41. The van der Waals surface area contributed by atoms with Gasteiger partial charge in [0.15, 0.2) is 0 Å². The summed E-state index contributed by atoms with van der Waals surface area (Å²) >= 11 is 0. The van der Waals surface area contributed by atoms with E-state index >= 15 is 0 Å². The van der Waals surface area contributed by atoms with Crippen molar-refractivity contribution in [1.29, 1.82) is 0 Å². The highest BCUT2D eigenvalue weighted by molar-refractivity contribution is 5.34. The number of halogens is 4. The highest BCUT2D eigenvalue weighted by atomic mass is 19.3. The first-order valence-corrected chi connectivity index (χ1v) is 7.40. The van der Waals surface area contributed by atoms with E-state index in [4.69, 9.17) is 0 Å². The quantitative estimate of drug-likeness (QED) is 0.412. The Balaban J connectivity index is 0. The predicted octanol–water partition coefficient (Wildman–Crippen LogP) is 7.08. The van der Waals surface area contributed by atoms with Crippen LogP contribution in [0.1, 0.15) is 65.2 Å². The summed E-state index contributed by atoms with van der Waals surface area (Å²) in [5, 5.41) is 0. The van der Waals surface area contributed by atoms with Gasteiger partial charge >= 0.3 is 0 Å². The summed E-state index contributed by atoms with van der Waals surface area (Å²) in [4.78, 5) is 0. The van der Waals surface area contributed by atoms with Crippen LogP contribution in [0.5, 0.6) is 0 Å². The minimum atomic E-state index is -3.09. The zero-order valence-corrected chi connectivity index (χ0v) is 14.7. The lowest BCUT2D eigenvalue weighted by atomic mass is 9.98. The van der Waals surface area contributed by atoms with Crippen LogP contribution >= 0.6 is 0 Å². The molecule has 0 heterocycles. The van der Waals surface area contributed by atoms with Gasteiger partial charge in [-0.2, -0.15) is 0 Å². The minimum absolute atomic E-state index is 0.358. The Morgan fingerprint density at radius 1 is 0.909 bits per heavy atom. The van der Waals surface area contributed by atoms with Gasteiger partial charge in [-0.25, -0.2) is 17.6 Å². The Labute approximate surface area is 132 Å². The summed E-state index contributed by atoms with van der Waals surface area (Å²) in [5.41, 5.74) is 0.947. The molecule has 0 radical (unpaired) electrons. The number of rotatable bonds is 3. The first-order valence-electron chi connectivity index (χ1n) is 7.40. The molecule has 1 aromatic carbocycles.